The second-order valence-corrected chi connectivity index (χ2v) is 1.80. The molecule has 48 valence electrons. The summed E-state index contributed by atoms with van der Waals surface area (Å²) in [4.78, 5) is 9.90. The Balaban J connectivity index is 2.72. The minimum atomic E-state index is 0.345. The Kier molecular flexibility index (Phi) is 1.63. The Morgan fingerprint density at radius 2 is 2.67 bits per heavy atom. The first kappa shape index (κ1) is 6.01. The molecule has 0 atom stereocenters. The molecule has 0 N–H and O–H groups in total. The zero-order valence-electron chi connectivity index (χ0n) is 5.13. The van der Waals surface area contributed by atoms with Crippen LogP contribution in [0.1, 0.15) is 11.5 Å². The van der Waals surface area contributed by atoms with Crippen LogP contribution >= 0.6 is 0 Å². The molecule has 1 aromatic heterocycles. The largest absolute Gasteiger partial charge is 0.361 e. The van der Waals surface area contributed by atoms with E-state index in [1.54, 1.807) is 13.0 Å². The number of aromatic nitrogens is 1. The van der Waals surface area contributed by atoms with E-state index in [4.69, 9.17) is 4.52 Å². The van der Waals surface area contributed by atoms with Gasteiger partial charge in [0.15, 0.2) is 0 Å². The van der Waals surface area contributed by atoms with Crippen LogP contribution < -0.4 is 0 Å². The highest BCUT2D eigenvalue weighted by molar-refractivity contribution is 5.53. The van der Waals surface area contributed by atoms with E-state index in [0.717, 1.165) is 12.0 Å². The van der Waals surface area contributed by atoms with Crippen molar-refractivity contribution in [1.29, 1.82) is 0 Å². The summed E-state index contributed by atoms with van der Waals surface area (Å²) in [6.07, 6.45) is 1.15. The van der Waals surface area contributed by atoms with Crippen molar-refractivity contribution in [3.05, 3.63) is 17.5 Å². The van der Waals surface area contributed by atoms with Crippen molar-refractivity contribution in [2.45, 2.75) is 13.3 Å². The molecule has 3 nitrogen and oxygen atoms in total. The van der Waals surface area contributed by atoms with Crippen LogP contribution in [0.2, 0.25) is 0 Å². The molecule has 3 heteroatoms. The Morgan fingerprint density at radius 1 is 1.89 bits per heavy atom. The third-order valence-corrected chi connectivity index (χ3v) is 0.969. The summed E-state index contributed by atoms with van der Waals surface area (Å²) in [6, 6.07) is 1.74. The van der Waals surface area contributed by atoms with Crippen molar-refractivity contribution in [1.82, 2.24) is 5.16 Å². The Hall–Kier alpha value is -1.12. The zero-order chi connectivity index (χ0) is 6.69. The molecule has 0 aliphatic carbocycles. The van der Waals surface area contributed by atoms with Gasteiger partial charge in [-0.3, -0.25) is 0 Å². The second kappa shape index (κ2) is 2.44. The number of hydrogen-bond acceptors (Lipinski definition) is 3. The molecule has 0 bridgehead atoms. The van der Waals surface area contributed by atoms with Gasteiger partial charge < -0.3 is 9.32 Å². The van der Waals surface area contributed by atoms with E-state index < -0.39 is 0 Å². The Bertz CT molecular complexity index is 205. The third-order valence-electron chi connectivity index (χ3n) is 0.969. The molecule has 1 rings (SSSR count). The molecular weight excluding hydrogens is 118 g/mol. The van der Waals surface area contributed by atoms with E-state index in [2.05, 4.69) is 5.16 Å². The number of nitrogens with zero attached hydrogens (tertiary/aromatic N) is 1. The molecule has 1 heterocycles. The lowest BCUT2D eigenvalue weighted by Gasteiger charge is -1.74. The predicted octanol–water partition coefficient (Wildman–Crippen LogP) is 0.724. The number of aryl methyl sites for hydroxylation is 1. The Morgan fingerprint density at radius 3 is 3.11 bits per heavy atom. The van der Waals surface area contributed by atoms with E-state index in [-0.39, 0.29) is 0 Å². The molecule has 0 spiro atoms. The van der Waals surface area contributed by atoms with Crippen molar-refractivity contribution >= 4 is 6.29 Å². The van der Waals surface area contributed by atoms with Gasteiger partial charge in [-0.05, 0) is 6.92 Å². The van der Waals surface area contributed by atoms with Gasteiger partial charge in [0.25, 0.3) is 0 Å². The van der Waals surface area contributed by atoms with Crippen LogP contribution in [-0.2, 0) is 11.2 Å². The molecule has 0 fully saturated rings. The van der Waals surface area contributed by atoms with Crippen molar-refractivity contribution in [3.8, 4) is 0 Å². The van der Waals surface area contributed by atoms with Crippen LogP contribution in [-0.4, -0.2) is 11.4 Å². The summed E-state index contributed by atoms with van der Waals surface area (Å²) in [5.74, 6) is 0.742. The fraction of sp³-hybridized carbons (Fsp3) is 0.333. The molecule has 0 saturated heterocycles. The minimum Gasteiger partial charge on any atom is -0.361 e. The van der Waals surface area contributed by atoms with Crippen molar-refractivity contribution in [2.75, 3.05) is 0 Å². The van der Waals surface area contributed by atoms with Crippen LogP contribution in [0.5, 0.6) is 0 Å². The molecule has 0 aromatic carbocycles. The molecule has 0 radical (unpaired) electrons. The van der Waals surface area contributed by atoms with E-state index in [1.165, 1.54) is 0 Å². The quantitative estimate of drug-likeness (QED) is 0.547. The third kappa shape index (κ3) is 1.38. The number of rotatable bonds is 2. The smallest absolute Gasteiger partial charge is 0.133 e. The van der Waals surface area contributed by atoms with Crippen LogP contribution in [0.15, 0.2) is 10.6 Å². The topological polar surface area (TPSA) is 43.1 Å². The minimum absolute atomic E-state index is 0.345. The van der Waals surface area contributed by atoms with E-state index in [0.29, 0.717) is 12.1 Å². The molecule has 1 aromatic rings. The van der Waals surface area contributed by atoms with Crippen LogP contribution in [0, 0.1) is 6.92 Å². The van der Waals surface area contributed by atoms with Crippen LogP contribution in [0.3, 0.4) is 0 Å². The normalized spacial score (nSPS) is 9.44. The second-order valence-electron chi connectivity index (χ2n) is 1.80. The maximum absolute atomic E-state index is 9.90. The summed E-state index contributed by atoms with van der Waals surface area (Å²) >= 11 is 0. The maximum atomic E-state index is 9.90. The van der Waals surface area contributed by atoms with Gasteiger partial charge in [0.05, 0.1) is 5.69 Å². The molecule has 0 amide bonds. The fourth-order valence-corrected chi connectivity index (χ4v) is 0.600. The van der Waals surface area contributed by atoms with Gasteiger partial charge >= 0.3 is 0 Å². The molecule has 0 unspecified atom stereocenters. The summed E-state index contributed by atoms with van der Waals surface area (Å²) in [5.41, 5.74) is 0.697. The summed E-state index contributed by atoms with van der Waals surface area (Å²) < 4.78 is 4.71. The van der Waals surface area contributed by atoms with E-state index in [1.807, 2.05) is 0 Å². The molecule has 0 saturated carbocycles. The standard InChI is InChI=1S/C6H7NO2/c1-5-4-6(2-3-8)7-9-5/h3-4H,2H2,1H3. The SMILES string of the molecule is Cc1cc(CC=O)no1. The number of hydrogen-bond donors (Lipinski definition) is 0. The van der Waals surface area contributed by atoms with Crippen LogP contribution in [0.25, 0.3) is 0 Å². The highest BCUT2D eigenvalue weighted by atomic mass is 16.5. The summed E-state index contributed by atoms with van der Waals surface area (Å²) in [6.45, 7) is 1.79. The average Bonchev–Trinajstić information content (AvgIpc) is 2.17. The maximum Gasteiger partial charge on any atom is 0.133 e. The predicted molar refractivity (Wildman–Crippen MR) is 31.0 cm³/mol. The molecular formula is C6H7NO2. The van der Waals surface area contributed by atoms with Crippen molar-refractivity contribution in [3.63, 3.8) is 0 Å². The fourth-order valence-electron chi connectivity index (χ4n) is 0.600. The van der Waals surface area contributed by atoms with Gasteiger partial charge in [-0.15, -0.1) is 0 Å². The summed E-state index contributed by atoms with van der Waals surface area (Å²) in [5, 5.41) is 3.60. The first-order chi connectivity index (χ1) is 4.33. The first-order valence-corrected chi connectivity index (χ1v) is 2.69. The molecule has 0 aliphatic heterocycles. The van der Waals surface area contributed by atoms with Gasteiger partial charge in [0.2, 0.25) is 0 Å². The summed E-state index contributed by atoms with van der Waals surface area (Å²) in [7, 11) is 0. The lowest BCUT2D eigenvalue weighted by molar-refractivity contribution is -0.107. The average molecular weight is 125 g/mol. The van der Waals surface area contributed by atoms with Gasteiger partial charge in [0, 0.05) is 12.5 Å². The monoisotopic (exact) mass is 125 g/mol. The Labute approximate surface area is 52.7 Å². The highest BCUT2D eigenvalue weighted by Crippen LogP contribution is 1.99. The number of carbonyl (C=O) groups excluding carboxylic acids is 1. The molecule has 0 aliphatic rings. The van der Waals surface area contributed by atoms with Crippen molar-refractivity contribution in [2.24, 2.45) is 0 Å². The lowest BCUT2D eigenvalue weighted by Crippen LogP contribution is -1.82. The highest BCUT2D eigenvalue weighted by Gasteiger charge is 1.96. The van der Waals surface area contributed by atoms with Gasteiger partial charge in [-0.1, -0.05) is 5.16 Å². The first-order valence-electron chi connectivity index (χ1n) is 2.69. The molecule has 9 heavy (non-hydrogen) atoms. The van der Waals surface area contributed by atoms with Crippen LogP contribution in [0.4, 0.5) is 0 Å². The van der Waals surface area contributed by atoms with Gasteiger partial charge in [-0.2, -0.15) is 0 Å². The van der Waals surface area contributed by atoms with Gasteiger partial charge in [-0.25, -0.2) is 0 Å². The zero-order valence-corrected chi connectivity index (χ0v) is 5.13. The van der Waals surface area contributed by atoms with E-state index >= 15 is 0 Å². The van der Waals surface area contributed by atoms with Crippen molar-refractivity contribution < 1.29 is 9.32 Å². The van der Waals surface area contributed by atoms with Gasteiger partial charge in [0.1, 0.15) is 12.0 Å². The van der Waals surface area contributed by atoms with E-state index in [9.17, 15) is 4.79 Å². The number of aldehydes is 1. The lowest BCUT2D eigenvalue weighted by atomic mass is 10.3. The number of carbonyl (C=O) groups is 1.